The van der Waals surface area contributed by atoms with Crippen LogP contribution in [0.2, 0.25) is 0 Å². The van der Waals surface area contributed by atoms with E-state index in [-0.39, 0.29) is 5.97 Å². The third-order valence-electron chi connectivity index (χ3n) is 3.86. The fourth-order valence-corrected chi connectivity index (χ4v) is 2.91. The van der Waals surface area contributed by atoms with Gasteiger partial charge in [0.05, 0.1) is 6.61 Å². The maximum atomic E-state index is 11.2. The summed E-state index contributed by atoms with van der Waals surface area (Å²) in [6.07, 6.45) is 15.8. The van der Waals surface area contributed by atoms with Gasteiger partial charge in [-0.2, -0.15) is 12.6 Å². The Morgan fingerprint density at radius 1 is 0.857 bits per heavy atom. The van der Waals surface area contributed by atoms with E-state index in [2.05, 4.69) is 19.6 Å². The van der Waals surface area contributed by atoms with Gasteiger partial charge in [-0.15, -0.1) is 0 Å². The van der Waals surface area contributed by atoms with Crippen LogP contribution in [-0.4, -0.2) is 17.8 Å². The average molecular weight is 317 g/mol. The van der Waals surface area contributed by atoms with Gasteiger partial charge in [-0.25, -0.2) is 0 Å². The summed E-state index contributed by atoms with van der Waals surface area (Å²) in [6.45, 7) is 4.61. The molecule has 0 fully saturated rings. The second kappa shape index (κ2) is 16.2. The van der Waals surface area contributed by atoms with Crippen LogP contribution in [0.3, 0.4) is 0 Å². The molecule has 0 saturated carbocycles. The van der Waals surface area contributed by atoms with Gasteiger partial charge < -0.3 is 4.74 Å². The zero-order chi connectivity index (χ0) is 15.8. The predicted molar refractivity (Wildman–Crippen MR) is 95.1 cm³/mol. The molecule has 3 heteroatoms. The molecule has 0 N–H and O–H groups in total. The number of ether oxygens (including phenoxy) is 1. The van der Waals surface area contributed by atoms with Crippen LogP contribution in [0.5, 0.6) is 0 Å². The van der Waals surface area contributed by atoms with Gasteiger partial charge in [0.25, 0.3) is 0 Å². The van der Waals surface area contributed by atoms with E-state index >= 15 is 0 Å². The van der Waals surface area contributed by atoms with Crippen molar-refractivity contribution in [2.24, 2.45) is 0 Å². The van der Waals surface area contributed by atoms with Crippen LogP contribution < -0.4 is 0 Å². The summed E-state index contributed by atoms with van der Waals surface area (Å²) in [6, 6.07) is 0. The molecule has 0 saturated heterocycles. The molecule has 0 radical (unpaired) electrons. The highest BCUT2D eigenvalue weighted by Crippen LogP contribution is 2.17. The third kappa shape index (κ3) is 16.0. The van der Waals surface area contributed by atoms with Crippen molar-refractivity contribution in [3.05, 3.63) is 0 Å². The van der Waals surface area contributed by atoms with E-state index in [9.17, 15) is 4.79 Å². The van der Waals surface area contributed by atoms with Crippen LogP contribution in [0.4, 0.5) is 0 Å². The quantitative estimate of drug-likeness (QED) is 0.230. The van der Waals surface area contributed by atoms with Gasteiger partial charge in [-0.1, -0.05) is 64.7 Å². The van der Waals surface area contributed by atoms with Crippen LogP contribution >= 0.6 is 12.6 Å². The van der Waals surface area contributed by atoms with Gasteiger partial charge in [-0.05, 0) is 26.2 Å². The first-order valence-electron chi connectivity index (χ1n) is 9.04. The molecule has 0 rings (SSSR count). The van der Waals surface area contributed by atoms with Crippen molar-refractivity contribution >= 4 is 18.6 Å². The molecule has 1 unspecified atom stereocenters. The fourth-order valence-electron chi connectivity index (χ4n) is 2.54. The van der Waals surface area contributed by atoms with E-state index in [4.69, 9.17) is 4.74 Å². The van der Waals surface area contributed by atoms with Crippen molar-refractivity contribution < 1.29 is 9.53 Å². The van der Waals surface area contributed by atoms with Gasteiger partial charge in [0.15, 0.2) is 0 Å². The van der Waals surface area contributed by atoms with E-state index in [0.29, 0.717) is 18.3 Å². The number of esters is 1. The summed E-state index contributed by atoms with van der Waals surface area (Å²) in [5.74, 6) is -0.0485. The lowest BCUT2D eigenvalue weighted by Gasteiger charge is -2.10. The Labute approximate surface area is 137 Å². The molecule has 0 aromatic heterocycles. The molecule has 126 valence electrons. The summed E-state index contributed by atoms with van der Waals surface area (Å²) in [4.78, 5) is 11.2. The van der Waals surface area contributed by atoms with E-state index in [0.717, 1.165) is 12.8 Å². The van der Waals surface area contributed by atoms with Crippen LogP contribution in [0.25, 0.3) is 0 Å². The minimum Gasteiger partial charge on any atom is -0.466 e. The van der Waals surface area contributed by atoms with E-state index in [1.165, 1.54) is 64.2 Å². The van der Waals surface area contributed by atoms with Gasteiger partial charge in [0, 0.05) is 11.7 Å². The molecule has 1 atom stereocenters. The number of carbonyl (C=O) groups is 1. The minimum absolute atomic E-state index is 0.0485. The lowest BCUT2D eigenvalue weighted by atomic mass is 10.0. The van der Waals surface area contributed by atoms with Crippen molar-refractivity contribution in [2.75, 3.05) is 6.61 Å². The first kappa shape index (κ1) is 20.8. The maximum Gasteiger partial charge on any atom is 0.305 e. The van der Waals surface area contributed by atoms with Crippen molar-refractivity contribution in [3.63, 3.8) is 0 Å². The van der Waals surface area contributed by atoms with Crippen molar-refractivity contribution in [3.8, 4) is 0 Å². The molecule has 0 bridgehead atoms. The zero-order valence-electron chi connectivity index (χ0n) is 14.2. The van der Waals surface area contributed by atoms with Crippen LogP contribution in [0, 0.1) is 0 Å². The molecule has 0 heterocycles. The largest absolute Gasteiger partial charge is 0.466 e. The SMILES string of the molecule is CCCCCCCCC(S)CCCCCCC(=O)OCC. The molecule has 0 amide bonds. The lowest BCUT2D eigenvalue weighted by molar-refractivity contribution is -0.143. The number of hydrogen-bond acceptors (Lipinski definition) is 3. The number of hydrogen-bond donors (Lipinski definition) is 1. The normalized spacial score (nSPS) is 12.3. The highest BCUT2D eigenvalue weighted by Gasteiger charge is 2.04. The Morgan fingerprint density at radius 2 is 1.38 bits per heavy atom. The Kier molecular flexibility index (Phi) is 16.1. The van der Waals surface area contributed by atoms with Crippen molar-refractivity contribution in [1.82, 2.24) is 0 Å². The summed E-state index contributed by atoms with van der Waals surface area (Å²) >= 11 is 4.68. The molecule has 0 aromatic rings. The van der Waals surface area contributed by atoms with Gasteiger partial charge >= 0.3 is 5.97 Å². The van der Waals surface area contributed by atoms with E-state index in [1.807, 2.05) is 6.92 Å². The third-order valence-corrected chi connectivity index (χ3v) is 4.38. The molecule has 21 heavy (non-hydrogen) atoms. The standard InChI is InChI=1S/C18H36O2S/c1-3-5-6-7-8-11-14-17(21)15-12-9-10-13-16-18(19)20-4-2/h17,21H,3-16H2,1-2H3. The van der Waals surface area contributed by atoms with E-state index < -0.39 is 0 Å². The molecular weight excluding hydrogens is 280 g/mol. The van der Waals surface area contributed by atoms with Gasteiger partial charge in [0.1, 0.15) is 0 Å². The Hall–Kier alpha value is -0.180. The molecule has 0 aromatic carbocycles. The van der Waals surface area contributed by atoms with E-state index in [1.54, 1.807) is 0 Å². The molecule has 0 aliphatic carbocycles. The Morgan fingerprint density at radius 3 is 1.95 bits per heavy atom. The second-order valence-corrected chi connectivity index (χ2v) is 6.70. The molecular formula is C18H36O2S. The first-order chi connectivity index (χ1) is 10.2. The smallest absolute Gasteiger partial charge is 0.305 e. The summed E-state index contributed by atoms with van der Waals surface area (Å²) < 4.78 is 4.91. The molecule has 0 aliphatic rings. The van der Waals surface area contributed by atoms with Crippen molar-refractivity contribution in [2.45, 2.75) is 103 Å². The summed E-state index contributed by atoms with van der Waals surface area (Å²) in [7, 11) is 0. The summed E-state index contributed by atoms with van der Waals surface area (Å²) in [5, 5.41) is 0.571. The monoisotopic (exact) mass is 316 g/mol. The Bertz CT molecular complexity index is 231. The molecule has 0 aliphatic heterocycles. The number of unbranched alkanes of at least 4 members (excludes halogenated alkanes) is 8. The highest BCUT2D eigenvalue weighted by atomic mass is 32.1. The topological polar surface area (TPSA) is 26.3 Å². The summed E-state index contributed by atoms with van der Waals surface area (Å²) in [5.41, 5.74) is 0. The minimum atomic E-state index is -0.0485. The van der Waals surface area contributed by atoms with Gasteiger partial charge in [-0.3, -0.25) is 4.79 Å². The molecule has 2 nitrogen and oxygen atoms in total. The highest BCUT2D eigenvalue weighted by molar-refractivity contribution is 7.80. The number of carbonyl (C=O) groups excluding carboxylic acids is 1. The zero-order valence-corrected chi connectivity index (χ0v) is 15.1. The van der Waals surface area contributed by atoms with Crippen molar-refractivity contribution in [1.29, 1.82) is 0 Å². The fraction of sp³-hybridized carbons (Fsp3) is 0.944. The number of rotatable bonds is 15. The van der Waals surface area contributed by atoms with Crippen LogP contribution in [-0.2, 0) is 9.53 Å². The average Bonchev–Trinajstić information content (AvgIpc) is 2.46. The molecule has 0 spiro atoms. The van der Waals surface area contributed by atoms with Crippen LogP contribution in [0.15, 0.2) is 0 Å². The number of thiol groups is 1. The lowest BCUT2D eigenvalue weighted by Crippen LogP contribution is -2.03. The predicted octanol–water partition coefficient (Wildman–Crippen LogP) is 5.94. The maximum absolute atomic E-state index is 11.2. The van der Waals surface area contributed by atoms with Gasteiger partial charge in [0.2, 0.25) is 0 Å². The second-order valence-electron chi connectivity index (χ2n) is 5.97. The first-order valence-corrected chi connectivity index (χ1v) is 9.56. The van der Waals surface area contributed by atoms with Crippen LogP contribution in [0.1, 0.15) is 97.3 Å². The Balaban J connectivity index is 3.22.